The van der Waals surface area contributed by atoms with Gasteiger partial charge >= 0.3 is 0 Å². The van der Waals surface area contributed by atoms with Crippen LogP contribution in [0.3, 0.4) is 0 Å². The first kappa shape index (κ1) is 23.7. The molecule has 0 spiro atoms. The van der Waals surface area contributed by atoms with Crippen molar-refractivity contribution in [3.63, 3.8) is 0 Å². The van der Waals surface area contributed by atoms with Gasteiger partial charge in [0.25, 0.3) is 0 Å². The molecule has 0 radical (unpaired) electrons. The van der Waals surface area contributed by atoms with E-state index in [2.05, 4.69) is 92.7 Å². The van der Waals surface area contributed by atoms with Gasteiger partial charge in [0.1, 0.15) is 24.4 Å². The van der Waals surface area contributed by atoms with Gasteiger partial charge in [-0.3, -0.25) is 0 Å². The van der Waals surface area contributed by atoms with Gasteiger partial charge in [-0.15, -0.1) is 0 Å². The average Bonchev–Trinajstić information content (AvgIpc) is 2.88. The Morgan fingerprint density at radius 3 is 2.26 bits per heavy atom. The Hall–Kier alpha value is -2.05. The van der Waals surface area contributed by atoms with Gasteiger partial charge in [-0.25, -0.2) is 4.58 Å². The monoisotopic (exact) mass is 584 g/mol. The molecule has 176 valence electrons. The smallest absolute Gasteiger partial charge is 0.203 e. The summed E-state index contributed by atoms with van der Waals surface area (Å²) in [6.45, 7) is 4.56. The van der Waals surface area contributed by atoms with Crippen LogP contribution < -0.4 is 27.2 Å². The van der Waals surface area contributed by atoms with E-state index in [1.165, 1.54) is 75.2 Å². The Bertz CT molecular complexity index is 1330. The second-order valence-corrected chi connectivity index (χ2v) is 10.7. The first-order valence-electron chi connectivity index (χ1n) is 12.4. The van der Waals surface area contributed by atoms with E-state index in [4.69, 9.17) is 4.42 Å². The van der Waals surface area contributed by atoms with Gasteiger partial charge in [0.05, 0.1) is 6.07 Å². The quantitative estimate of drug-likeness (QED) is 0.203. The molecule has 0 aromatic heterocycles. The minimum atomic E-state index is 0. The predicted octanol–water partition coefficient (Wildman–Crippen LogP) is 3.76. The number of benzene rings is 3. The van der Waals surface area contributed by atoms with Crippen molar-refractivity contribution in [1.29, 1.82) is 0 Å². The molecular formula is C29H30ClIN2O. The predicted molar refractivity (Wildman–Crippen MR) is 146 cm³/mol. The van der Waals surface area contributed by atoms with Crippen molar-refractivity contribution in [1.82, 2.24) is 4.58 Å². The lowest BCUT2D eigenvalue weighted by Gasteiger charge is -2.29. The number of nitrogens with zero attached hydrogens (tertiary/aromatic N) is 2. The highest BCUT2D eigenvalue weighted by Gasteiger charge is 2.21. The summed E-state index contributed by atoms with van der Waals surface area (Å²) < 4.78 is 10.4. The Morgan fingerprint density at radius 2 is 1.50 bits per heavy atom. The van der Waals surface area contributed by atoms with Crippen molar-refractivity contribution >= 4 is 39.2 Å². The first-order valence-corrected chi connectivity index (χ1v) is 13.4. The van der Waals surface area contributed by atoms with Crippen LogP contribution in [0.25, 0.3) is 33.4 Å². The molecular weight excluding hydrogens is 555 g/mol. The zero-order valence-corrected chi connectivity index (χ0v) is 22.3. The molecule has 2 aromatic carbocycles. The molecule has 3 nitrogen and oxygen atoms in total. The van der Waals surface area contributed by atoms with Gasteiger partial charge < -0.3 is 21.7 Å². The van der Waals surface area contributed by atoms with Gasteiger partial charge in [0, 0.05) is 63.8 Å². The van der Waals surface area contributed by atoms with Crippen molar-refractivity contribution in [2.75, 3.05) is 31.1 Å². The van der Waals surface area contributed by atoms with Crippen molar-refractivity contribution in [3.05, 3.63) is 69.6 Å². The van der Waals surface area contributed by atoms with Crippen LogP contribution in [0.2, 0.25) is 0 Å². The number of hydrogen-bond acceptors (Lipinski definition) is 2. The van der Waals surface area contributed by atoms with Gasteiger partial charge in [0.2, 0.25) is 5.36 Å². The fraction of sp³-hybridized carbons (Fsp3) is 0.345. The van der Waals surface area contributed by atoms with Crippen LogP contribution in [0, 0.1) is 3.57 Å². The molecule has 34 heavy (non-hydrogen) atoms. The largest absolute Gasteiger partial charge is 1.00 e. The molecule has 0 N–H and O–H groups in total. The summed E-state index contributed by atoms with van der Waals surface area (Å²) in [4.78, 5) is 2.51. The van der Waals surface area contributed by atoms with Crippen LogP contribution in [-0.2, 0) is 0 Å². The van der Waals surface area contributed by atoms with Crippen LogP contribution in [-0.4, -0.2) is 26.2 Å². The van der Waals surface area contributed by atoms with Crippen molar-refractivity contribution < 1.29 is 16.8 Å². The molecule has 6 rings (SSSR count). The normalized spacial score (nSPS) is 16.6. The second-order valence-electron chi connectivity index (χ2n) is 9.44. The van der Waals surface area contributed by atoms with E-state index in [-0.39, 0.29) is 12.4 Å². The number of fused-ring (bicyclic) bond motifs is 2. The van der Waals surface area contributed by atoms with Crippen LogP contribution in [0.5, 0.6) is 0 Å². The highest BCUT2D eigenvalue weighted by Crippen LogP contribution is 2.41. The van der Waals surface area contributed by atoms with Crippen molar-refractivity contribution in [3.8, 4) is 22.5 Å². The van der Waals surface area contributed by atoms with E-state index in [1.54, 1.807) is 0 Å². The summed E-state index contributed by atoms with van der Waals surface area (Å²) in [5, 5.41) is 2.47. The minimum absolute atomic E-state index is 0. The number of piperidine rings is 2. The highest BCUT2D eigenvalue weighted by atomic mass is 127. The number of halogens is 2. The van der Waals surface area contributed by atoms with Gasteiger partial charge in [-0.05, 0) is 84.2 Å². The summed E-state index contributed by atoms with van der Waals surface area (Å²) in [5.41, 5.74) is 5.98. The molecule has 3 heterocycles. The standard InChI is InChI=1S/C29H30IN2O.ClH/c30-22-9-7-21(8-10-22)29-25-13-11-23(31-15-3-1-4-16-31)19-27(25)33-28-20-24(12-14-26(28)29)32-17-5-2-6-18-32;/h7-14,19-20H,1-6,15-18H2;1H/q+1;/p-1. The molecule has 0 bridgehead atoms. The number of hydrogen-bond donors (Lipinski definition) is 0. The van der Waals surface area contributed by atoms with E-state index in [0.717, 1.165) is 37.5 Å². The Balaban J connectivity index is 0.00000241. The van der Waals surface area contributed by atoms with E-state index in [9.17, 15) is 0 Å². The Labute approximate surface area is 221 Å². The lowest BCUT2D eigenvalue weighted by atomic mass is 9.93. The molecule has 1 aliphatic carbocycles. The highest BCUT2D eigenvalue weighted by molar-refractivity contribution is 14.1. The zero-order valence-electron chi connectivity index (χ0n) is 19.4. The third kappa shape index (κ3) is 4.59. The first-order chi connectivity index (χ1) is 16.3. The van der Waals surface area contributed by atoms with Crippen LogP contribution >= 0.6 is 22.6 Å². The molecule has 5 heteroatoms. The molecule has 2 fully saturated rings. The molecule has 0 saturated carbocycles. The van der Waals surface area contributed by atoms with E-state index < -0.39 is 0 Å². The molecule has 4 aliphatic rings. The van der Waals surface area contributed by atoms with Crippen molar-refractivity contribution in [2.45, 2.75) is 38.5 Å². The molecule has 3 aliphatic heterocycles. The summed E-state index contributed by atoms with van der Waals surface area (Å²) >= 11 is 2.38. The summed E-state index contributed by atoms with van der Waals surface area (Å²) in [6.07, 6.45) is 7.80. The van der Waals surface area contributed by atoms with Gasteiger partial charge in [-0.1, -0.05) is 12.1 Å². The van der Waals surface area contributed by atoms with E-state index in [1.807, 2.05) is 0 Å². The summed E-state index contributed by atoms with van der Waals surface area (Å²) in [6, 6.07) is 22.5. The van der Waals surface area contributed by atoms with Gasteiger partial charge in [-0.2, -0.15) is 0 Å². The number of anilines is 1. The second kappa shape index (κ2) is 10.3. The third-order valence-corrected chi connectivity index (χ3v) is 7.98. The van der Waals surface area contributed by atoms with Crippen molar-refractivity contribution in [2.24, 2.45) is 0 Å². The van der Waals surface area contributed by atoms with Crippen LogP contribution in [0.15, 0.2) is 65.1 Å². The van der Waals surface area contributed by atoms with Crippen LogP contribution in [0.1, 0.15) is 38.5 Å². The zero-order chi connectivity index (χ0) is 22.2. The molecule has 2 saturated heterocycles. The topological polar surface area (TPSA) is 19.4 Å². The maximum atomic E-state index is 6.64. The lowest BCUT2D eigenvalue weighted by Crippen LogP contribution is -3.00. The fourth-order valence-electron chi connectivity index (χ4n) is 5.49. The Kier molecular flexibility index (Phi) is 7.16. The summed E-state index contributed by atoms with van der Waals surface area (Å²) in [5.74, 6) is 0.981. The summed E-state index contributed by atoms with van der Waals surface area (Å²) in [7, 11) is 0. The molecule has 2 aromatic rings. The van der Waals surface area contributed by atoms with Gasteiger partial charge in [0.15, 0.2) is 0 Å². The maximum absolute atomic E-state index is 6.64. The lowest BCUT2D eigenvalue weighted by molar-refractivity contribution is -0.00000682. The maximum Gasteiger partial charge on any atom is 0.203 e. The SMILES string of the molecule is Ic1ccc(-c2c3ccc(=[N+]4CCCCC4)cc-3oc3cc(N4CCCCC4)ccc23)cc1.[Cl-]. The van der Waals surface area contributed by atoms with Crippen LogP contribution in [0.4, 0.5) is 5.69 Å². The minimum Gasteiger partial charge on any atom is -1.00 e. The fourth-order valence-corrected chi connectivity index (χ4v) is 5.85. The Morgan fingerprint density at radius 1 is 0.765 bits per heavy atom. The number of rotatable bonds is 2. The molecule has 0 unspecified atom stereocenters. The average molecular weight is 585 g/mol. The molecule has 0 atom stereocenters. The third-order valence-electron chi connectivity index (χ3n) is 7.26. The van der Waals surface area contributed by atoms with E-state index in [0.29, 0.717) is 0 Å². The van der Waals surface area contributed by atoms with E-state index >= 15 is 0 Å². The molecule has 0 amide bonds.